The fourth-order valence-electron chi connectivity index (χ4n) is 2.75. The van der Waals surface area contributed by atoms with Crippen molar-refractivity contribution >= 4 is 19.1 Å². The average molecular weight is 340 g/mol. The number of rotatable bonds is 1. The molecule has 0 saturated carbocycles. The van der Waals surface area contributed by atoms with Crippen LogP contribution >= 0.6 is 0 Å². The lowest BCUT2D eigenvalue weighted by molar-refractivity contribution is -0.136. The van der Waals surface area contributed by atoms with Crippen molar-refractivity contribution in [2.45, 2.75) is 83.5 Å². The van der Waals surface area contributed by atoms with Crippen molar-refractivity contribution in [1.29, 1.82) is 0 Å². The van der Waals surface area contributed by atoms with E-state index >= 15 is 0 Å². The first-order chi connectivity index (χ1) is 10.7. The summed E-state index contributed by atoms with van der Waals surface area (Å²) in [5.74, 6) is -0.512. The van der Waals surface area contributed by atoms with E-state index in [2.05, 4.69) is 0 Å². The predicted octanol–water partition coefficient (Wildman–Crippen LogP) is 1.87. The van der Waals surface area contributed by atoms with E-state index in [1.54, 1.807) is 20.8 Å². The zero-order valence-electron chi connectivity index (χ0n) is 15.8. The monoisotopic (exact) mass is 340 g/mol. The topological polar surface area (TPSA) is 91.1 Å². The van der Waals surface area contributed by atoms with Gasteiger partial charge in [0.05, 0.1) is 11.2 Å². The molecule has 0 spiro atoms. The van der Waals surface area contributed by atoms with Crippen molar-refractivity contribution in [3.63, 3.8) is 0 Å². The molecule has 0 aromatic carbocycles. The lowest BCUT2D eigenvalue weighted by atomic mass is 9.60. The quantitative estimate of drug-likeness (QED) is 0.733. The van der Waals surface area contributed by atoms with Crippen LogP contribution in [-0.4, -0.2) is 52.8 Å². The summed E-state index contributed by atoms with van der Waals surface area (Å²) in [4.78, 5) is 26.3. The lowest BCUT2D eigenvalue weighted by Gasteiger charge is -2.39. The molecule has 2 aliphatic rings. The van der Waals surface area contributed by atoms with Gasteiger partial charge in [0.1, 0.15) is 11.0 Å². The van der Waals surface area contributed by atoms with Gasteiger partial charge in [-0.1, -0.05) is 0 Å². The number of amides is 2. The number of nitrogens with zero attached hydrogens (tertiary/aromatic N) is 1. The van der Waals surface area contributed by atoms with Crippen molar-refractivity contribution < 1.29 is 23.6 Å². The van der Waals surface area contributed by atoms with E-state index < -0.39 is 41.4 Å². The van der Waals surface area contributed by atoms with Gasteiger partial charge in [-0.25, -0.2) is 9.69 Å². The second-order valence-electron chi connectivity index (χ2n) is 8.67. The Balaban J connectivity index is 2.22. The maximum Gasteiger partial charge on any atom is 0.489 e. The van der Waals surface area contributed by atoms with Crippen LogP contribution in [0, 0.1) is 0 Å². The van der Waals surface area contributed by atoms with Crippen molar-refractivity contribution in [3.8, 4) is 0 Å². The predicted molar refractivity (Wildman–Crippen MR) is 90.2 cm³/mol. The molecule has 136 valence electrons. The number of nitrogens with two attached hydrogens (primary N) is 1. The molecule has 2 saturated heterocycles. The first-order valence-corrected chi connectivity index (χ1v) is 8.39. The highest BCUT2D eigenvalue weighted by molar-refractivity contribution is 6.56. The molecule has 2 amide bonds. The number of imide groups is 1. The summed E-state index contributed by atoms with van der Waals surface area (Å²) >= 11 is 0. The second kappa shape index (κ2) is 5.71. The Morgan fingerprint density at radius 2 is 1.71 bits per heavy atom. The van der Waals surface area contributed by atoms with Gasteiger partial charge in [0, 0.05) is 6.54 Å². The molecular weight excluding hydrogens is 311 g/mol. The number of ether oxygens (including phenoxy) is 1. The zero-order chi connectivity index (χ0) is 18.6. The van der Waals surface area contributed by atoms with Crippen molar-refractivity contribution in [2.24, 2.45) is 5.73 Å². The highest BCUT2D eigenvalue weighted by Crippen LogP contribution is 2.41. The first kappa shape index (κ1) is 19.2. The molecule has 0 bridgehead atoms. The summed E-state index contributed by atoms with van der Waals surface area (Å²) in [5.41, 5.74) is 3.11. The van der Waals surface area contributed by atoms with E-state index in [1.807, 2.05) is 27.7 Å². The molecule has 1 unspecified atom stereocenters. The number of likely N-dealkylation sites (tertiary alicyclic amines) is 1. The minimum Gasteiger partial charge on any atom is -0.443 e. The molecule has 2 heterocycles. The summed E-state index contributed by atoms with van der Waals surface area (Å²) in [7, 11) is -0.903. The lowest BCUT2D eigenvalue weighted by Crippen LogP contribution is -2.69. The highest BCUT2D eigenvalue weighted by Gasteiger charge is 2.63. The third-order valence-corrected chi connectivity index (χ3v) is 4.90. The fourth-order valence-corrected chi connectivity index (χ4v) is 2.75. The zero-order valence-corrected chi connectivity index (χ0v) is 15.8. The fraction of sp³-hybridized carbons (Fsp3) is 0.875. The number of carbonyl (C=O) groups is 2. The molecule has 0 aromatic heterocycles. The highest BCUT2D eigenvalue weighted by atomic mass is 16.7. The molecule has 2 N–H and O–H groups in total. The van der Waals surface area contributed by atoms with Crippen LogP contribution in [0.3, 0.4) is 0 Å². The largest absolute Gasteiger partial charge is 0.489 e. The summed E-state index contributed by atoms with van der Waals surface area (Å²) in [6, 6.07) is 0. The SMILES string of the molecule is CC(C)(C)OC(=O)N1CCCC(N)(B2OC(C)(C)C(C)(C)O2)C1=O. The Morgan fingerprint density at radius 3 is 2.17 bits per heavy atom. The van der Waals surface area contributed by atoms with Crippen LogP contribution in [0.15, 0.2) is 0 Å². The molecule has 0 aliphatic carbocycles. The van der Waals surface area contributed by atoms with E-state index in [-0.39, 0.29) is 6.54 Å². The van der Waals surface area contributed by atoms with Crippen molar-refractivity contribution in [3.05, 3.63) is 0 Å². The van der Waals surface area contributed by atoms with Crippen molar-refractivity contribution in [2.75, 3.05) is 6.54 Å². The van der Waals surface area contributed by atoms with Crippen molar-refractivity contribution in [1.82, 2.24) is 4.90 Å². The molecule has 2 aliphatic heterocycles. The van der Waals surface area contributed by atoms with Gasteiger partial charge in [-0.2, -0.15) is 0 Å². The normalized spacial score (nSPS) is 29.8. The van der Waals surface area contributed by atoms with E-state index in [0.717, 1.165) is 4.90 Å². The smallest absolute Gasteiger partial charge is 0.443 e. The Morgan fingerprint density at radius 1 is 1.21 bits per heavy atom. The Hall–Kier alpha value is -1.12. The minimum absolute atomic E-state index is 0.284. The summed E-state index contributed by atoms with van der Waals surface area (Å²) in [5, 5.41) is 0. The van der Waals surface area contributed by atoms with Crippen LogP contribution in [0.1, 0.15) is 61.3 Å². The number of piperidine rings is 1. The molecule has 8 heteroatoms. The number of hydrogen-bond donors (Lipinski definition) is 1. The van der Waals surface area contributed by atoms with Crippen LogP contribution in [0.2, 0.25) is 0 Å². The van der Waals surface area contributed by atoms with Gasteiger partial charge >= 0.3 is 13.2 Å². The second-order valence-corrected chi connectivity index (χ2v) is 8.67. The van der Waals surface area contributed by atoms with Crippen LogP contribution in [0.5, 0.6) is 0 Å². The van der Waals surface area contributed by atoms with Gasteiger partial charge in [0.25, 0.3) is 0 Å². The van der Waals surface area contributed by atoms with E-state index in [9.17, 15) is 9.59 Å². The van der Waals surface area contributed by atoms with E-state index in [0.29, 0.717) is 12.8 Å². The van der Waals surface area contributed by atoms with Gasteiger partial charge in [-0.3, -0.25) is 4.79 Å². The third-order valence-electron chi connectivity index (χ3n) is 4.90. The van der Waals surface area contributed by atoms with Gasteiger partial charge in [0.15, 0.2) is 0 Å². The maximum atomic E-state index is 12.9. The van der Waals surface area contributed by atoms with Gasteiger partial charge in [0.2, 0.25) is 5.91 Å². The molecule has 2 rings (SSSR count). The summed E-state index contributed by atoms with van der Waals surface area (Å²) < 4.78 is 17.2. The molecule has 0 radical (unpaired) electrons. The van der Waals surface area contributed by atoms with Crippen LogP contribution in [0.25, 0.3) is 0 Å². The molecule has 1 atom stereocenters. The van der Waals surface area contributed by atoms with Gasteiger partial charge in [-0.05, 0) is 61.3 Å². The number of hydrogen-bond acceptors (Lipinski definition) is 6. The van der Waals surface area contributed by atoms with Gasteiger partial charge in [-0.15, -0.1) is 0 Å². The van der Waals surface area contributed by atoms with Crippen LogP contribution < -0.4 is 5.73 Å². The number of carbonyl (C=O) groups excluding carboxylic acids is 2. The average Bonchev–Trinajstić information content (AvgIpc) is 2.60. The maximum absolute atomic E-state index is 12.9. The molecule has 7 nitrogen and oxygen atoms in total. The van der Waals surface area contributed by atoms with Gasteiger partial charge < -0.3 is 19.8 Å². The van der Waals surface area contributed by atoms with Crippen LogP contribution in [0.4, 0.5) is 4.79 Å². The van der Waals surface area contributed by atoms with E-state index in [4.69, 9.17) is 19.8 Å². The van der Waals surface area contributed by atoms with E-state index in [1.165, 1.54) is 0 Å². The molecule has 2 fully saturated rings. The Bertz CT molecular complexity index is 527. The summed E-state index contributed by atoms with van der Waals surface area (Å²) in [6.45, 7) is 13.1. The minimum atomic E-state index is -1.40. The summed E-state index contributed by atoms with van der Waals surface area (Å²) in [6.07, 6.45) is 0.284. The first-order valence-electron chi connectivity index (χ1n) is 8.39. The standard InChI is InChI=1S/C16H29BN2O5/c1-13(2,3)22-12(21)19-10-8-9-16(18,11(19)20)17-23-14(4,5)15(6,7)24-17/h8-10,18H2,1-7H3. The molecule has 24 heavy (non-hydrogen) atoms. The van der Waals surface area contributed by atoms with Crippen LogP contribution in [-0.2, 0) is 18.8 Å². The Labute approximate surface area is 144 Å². The third kappa shape index (κ3) is 3.32. The molecular formula is C16H29BN2O5. The Kier molecular flexibility index (Phi) is 4.57. The molecule has 0 aromatic rings.